The van der Waals surface area contributed by atoms with E-state index in [1.54, 1.807) is 4.90 Å². The van der Waals surface area contributed by atoms with Crippen molar-refractivity contribution in [1.29, 1.82) is 0 Å². The smallest absolute Gasteiger partial charge is 0.230 e. The number of hydrogen-bond donors (Lipinski definition) is 1. The van der Waals surface area contributed by atoms with Crippen LogP contribution in [0.2, 0.25) is 0 Å². The fraction of sp³-hybridized carbons (Fsp3) is 0.500. The summed E-state index contributed by atoms with van der Waals surface area (Å²) in [6.07, 6.45) is 0.486. The molecule has 13 heavy (non-hydrogen) atoms. The van der Waals surface area contributed by atoms with E-state index in [-0.39, 0.29) is 11.2 Å². The number of aromatic nitrogens is 2. The summed E-state index contributed by atoms with van der Waals surface area (Å²) in [5.74, 6) is 0.0728. The predicted molar refractivity (Wildman–Crippen MR) is 57.4 cm³/mol. The van der Waals surface area contributed by atoms with Gasteiger partial charge in [-0.05, 0) is 15.9 Å². The molecule has 1 unspecified atom stereocenters. The zero-order chi connectivity index (χ0) is 9.42. The first kappa shape index (κ1) is 9.42. The van der Waals surface area contributed by atoms with Crippen LogP contribution in [-0.2, 0) is 4.79 Å². The van der Waals surface area contributed by atoms with Crippen LogP contribution in [0.3, 0.4) is 0 Å². The first-order valence-corrected chi connectivity index (χ1v) is 5.77. The fourth-order valence-corrected chi connectivity index (χ4v) is 2.61. The summed E-state index contributed by atoms with van der Waals surface area (Å²) in [4.78, 5) is 13.0. The number of hydrogen-bond acceptors (Lipinski definition) is 5. The van der Waals surface area contributed by atoms with E-state index in [2.05, 4.69) is 38.8 Å². The molecule has 4 nitrogen and oxygen atoms in total. The van der Waals surface area contributed by atoms with Gasteiger partial charge in [-0.1, -0.05) is 11.3 Å². The molecular formula is C6H6BrN3OS2. The lowest BCUT2D eigenvalue weighted by Gasteiger charge is -2.09. The van der Waals surface area contributed by atoms with Gasteiger partial charge in [0.2, 0.25) is 11.0 Å². The van der Waals surface area contributed by atoms with Crippen LogP contribution >= 0.6 is 39.9 Å². The summed E-state index contributed by atoms with van der Waals surface area (Å²) in [6.45, 7) is 0.629. The van der Waals surface area contributed by atoms with Crippen molar-refractivity contribution in [3.8, 4) is 0 Å². The van der Waals surface area contributed by atoms with E-state index in [0.717, 1.165) is 0 Å². The van der Waals surface area contributed by atoms with Crippen LogP contribution in [0.1, 0.15) is 6.42 Å². The Hall–Kier alpha value is -0.140. The van der Waals surface area contributed by atoms with Crippen LogP contribution < -0.4 is 4.90 Å². The van der Waals surface area contributed by atoms with Crippen molar-refractivity contribution in [2.24, 2.45) is 0 Å². The van der Waals surface area contributed by atoms with Crippen molar-refractivity contribution in [1.82, 2.24) is 10.2 Å². The fourth-order valence-electron chi connectivity index (χ4n) is 1.18. The van der Waals surface area contributed by atoms with Gasteiger partial charge in [0, 0.05) is 18.2 Å². The Bertz CT molecular complexity index is 342. The molecule has 1 fully saturated rings. The lowest BCUT2D eigenvalue weighted by molar-refractivity contribution is -0.117. The predicted octanol–water partition coefficient (Wildman–Crippen LogP) is 1.34. The zero-order valence-electron chi connectivity index (χ0n) is 6.47. The summed E-state index contributed by atoms with van der Waals surface area (Å²) in [5.41, 5.74) is 0. The first-order chi connectivity index (χ1) is 6.16. The summed E-state index contributed by atoms with van der Waals surface area (Å²) < 4.78 is 0.693. The van der Waals surface area contributed by atoms with Crippen LogP contribution in [0.15, 0.2) is 3.92 Å². The van der Waals surface area contributed by atoms with Gasteiger partial charge in [-0.3, -0.25) is 9.69 Å². The molecular weight excluding hydrogens is 274 g/mol. The van der Waals surface area contributed by atoms with E-state index in [4.69, 9.17) is 0 Å². The summed E-state index contributed by atoms with van der Waals surface area (Å²) >= 11 is 8.81. The Balaban J connectivity index is 2.22. The SMILES string of the molecule is O=C1CC(S)CN1c1nnc(Br)s1. The molecule has 2 heterocycles. The second kappa shape index (κ2) is 3.55. The maximum Gasteiger partial charge on any atom is 0.230 e. The van der Waals surface area contributed by atoms with E-state index in [0.29, 0.717) is 22.0 Å². The Kier molecular flexibility index (Phi) is 2.57. The Morgan fingerprint density at radius 2 is 2.38 bits per heavy atom. The first-order valence-electron chi connectivity index (χ1n) is 3.64. The maximum atomic E-state index is 11.4. The van der Waals surface area contributed by atoms with Crippen LogP contribution in [0.25, 0.3) is 0 Å². The number of halogens is 1. The number of carbonyl (C=O) groups excluding carboxylic acids is 1. The molecule has 0 saturated carbocycles. The maximum absolute atomic E-state index is 11.4. The molecule has 1 atom stereocenters. The summed E-state index contributed by atoms with van der Waals surface area (Å²) in [7, 11) is 0. The molecule has 0 N–H and O–H groups in total. The molecule has 1 aliphatic rings. The van der Waals surface area contributed by atoms with Crippen molar-refractivity contribution in [2.45, 2.75) is 11.7 Å². The molecule has 1 amide bonds. The number of carbonyl (C=O) groups is 1. The van der Waals surface area contributed by atoms with Gasteiger partial charge >= 0.3 is 0 Å². The second-order valence-electron chi connectivity index (χ2n) is 2.70. The van der Waals surface area contributed by atoms with E-state index in [1.165, 1.54) is 11.3 Å². The minimum absolute atomic E-state index is 0.0728. The Morgan fingerprint density at radius 1 is 1.62 bits per heavy atom. The molecule has 7 heteroatoms. The van der Waals surface area contributed by atoms with Gasteiger partial charge in [0.15, 0.2) is 3.92 Å². The molecule has 1 aromatic rings. The van der Waals surface area contributed by atoms with Crippen molar-refractivity contribution < 1.29 is 4.79 Å². The zero-order valence-corrected chi connectivity index (χ0v) is 9.77. The molecule has 1 aromatic heterocycles. The Labute approximate surface area is 92.9 Å². The van der Waals surface area contributed by atoms with Gasteiger partial charge in [0.25, 0.3) is 0 Å². The van der Waals surface area contributed by atoms with Gasteiger partial charge in [-0.25, -0.2) is 0 Å². The molecule has 2 rings (SSSR count). The van der Waals surface area contributed by atoms with E-state index in [1.807, 2.05) is 0 Å². The standard InChI is InChI=1S/C6H6BrN3OS2/c7-5-8-9-6(13-5)10-2-3(12)1-4(10)11/h3,12H,1-2H2. The van der Waals surface area contributed by atoms with E-state index < -0.39 is 0 Å². The highest BCUT2D eigenvalue weighted by Crippen LogP contribution is 2.28. The average Bonchev–Trinajstić information content (AvgIpc) is 2.58. The summed E-state index contributed by atoms with van der Waals surface area (Å²) in [5, 5.41) is 8.43. The van der Waals surface area contributed by atoms with Gasteiger partial charge in [-0.2, -0.15) is 12.6 Å². The lowest BCUT2D eigenvalue weighted by atomic mass is 10.4. The quantitative estimate of drug-likeness (QED) is 0.790. The number of nitrogens with zero attached hydrogens (tertiary/aromatic N) is 3. The number of thiol groups is 1. The van der Waals surface area contributed by atoms with Gasteiger partial charge < -0.3 is 0 Å². The summed E-state index contributed by atoms with van der Waals surface area (Å²) in [6, 6.07) is 0. The highest BCUT2D eigenvalue weighted by atomic mass is 79.9. The number of anilines is 1. The normalized spacial score (nSPS) is 22.8. The third-order valence-electron chi connectivity index (χ3n) is 1.73. The third-order valence-corrected chi connectivity index (χ3v) is 3.45. The van der Waals surface area contributed by atoms with Crippen LogP contribution in [0, 0.1) is 0 Å². The molecule has 0 radical (unpaired) electrons. The average molecular weight is 280 g/mol. The molecule has 0 bridgehead atoms. The molecule has 1 aliphatic heterocycles. The van der Waals surface area contributed by atoms with Crippen molar-refractivity contribution in [2.75, 3.05) is 11.4 Å². The highest BCUT2D eigenvalue weighted by Gasteiger charge is 2.30. The molecule has 0 spiro atoms. The van der Waals surface area contributed by atoms with Crippen molar-refractivity contribution in [3.05, 3.63) is 3.92 Å². The molecule has 0 aromatic carbocycles. The minimum atomic E-state index is 0.0728. The van der Waals surface area contributed by atoms with Gasteiger partial charge in [0.1, 0.15) is 0 Å². The molecule has 70 valence electrons. The van der Waals surface area contributed by atoms with E-state index >= 15 is 0 Å². The largest absolute Gasteiger partial charge is 0.286 e. The molecule has 1 saturated heterocycles. The second-order valence-corrected chi connectivity index (χ2v) is 5.66. The lowest BCUT2D eigenvalue weighted by Crippen LogP contribution is -2.24. The Morgan fingerprint density at radius 3 is 2.85 bits per heavy atom. The highest BCUT2D eigenvalue weighted by molar-refractivity contribution is 9.11. The molecule has 0 aliphatic carbocycles. The topological polar surface area (TPSA) is 46.1 Å². The number of amides is 1. The van der Waals surface area contributed by atoms with Crippen LogP contribution in [0.4, 0.5) is 5.13 Å². The van der Waals surface area contributed by atoms with Crippen LogP contribution in [-0.4, -0.2) is 27.9 Å². The van der Waals surface area contributed by atoms with Gasteiger partial charge in [-0.15, -0.1) is 10.2 Å². The number of rotatable bonds is 1. The monoisotopic (exact) mass is 279 g/mol. The van der Waals surface area contributed by atoms with E-state index in [9.17, 15) is 4.79 Å². The van der Waals surface area contributed by atoms with Crippen LogP contribution in [0.5, 0.6) is 0 Å². The third kappa shape index (κ3) is 1.87. The van der Waals surface area contributed by atoms with Crippen molar-refractivity contribution >= 4 is 50.9 Å². The minimum Gasteiger partial charge on any atom is -0.286 e. The van der Waals surface area contributed by atoms with Gasteiger partial charge in [0.05, 0.1) is 0 Å². The van der Waals surface area contributed by atoms with Crippen molar-refractivity contribution in [3.63, 3.8) is 0 Å².